The molecule has 4 nitrogen and oxygen atoms in total. The summed E-state index contributed by atoms with van der Waals surface area (Å²) in [4.78, 5) is 29.7. The molecule has 3 rings (SSSR count). The van der Waals surface area contributed by atoms with E-state index < -0.39 is 11.8 Å². The fourth-order valence-electron chi connectivity index (χ4n) is 2.25. The fraction of sp³-hybridized carbons (Fsp3) is 0.0667. The summed E-state index contributed by atoms with van der Waals surface area (Å²) in [7, 11) is 0. The lowest BCUT2D eigenvalue weighted by Gasteiger charge is -2.25. The number of carbonyl (C=O) groups excluding carboxylic acids is 2. The van der Waals surface area contributed by atoms with Crippen molar-refractivity contribution < 1.29 is 14.4 Å². The summed E-state index contributed by atoms with van der Waals surface area (Å²) in [5, 5.41) is 2.37. The average Bonchev–Trinajstić information content (AvgIpc) is 2.44. The van der Waals surface area contributed by atoms with Crippen molar-refractivity contribution in [1.82, 2.24) is 5.06 Å². The van der Waals surface area contributed by atoms with Crippen LogP contribution in [0.4, 0.5) is 0 Å². The number of imide groups is 1. The zero-order chi connectivity index (χ0) is 13.4. The summed E-state index contributed by atoms with van der Waals surface area (Å²) >= 11 is 0. The number of rotatable bonds is 3. The van der Waals surface area contributed by atoms with Crippen LogP contribution in [0, 0.1) is 0 Å². The summed E-state index contributed by atoms with van der Waals surface area (Å²) in [6.45, 7) is 3.61. The van der Waals surface area contributed by atoms with Gasteiger partial charge in [0.05, 0.1) is 17.7 Å². The Balaban J connectivity index is 2.22. The Labute approximate surface area is 109 Å². The monoisotopic (exact) mass is 253 g/mol. The van der Waals surface area contributed by atoms with Gasteiger partial charge >= 0.3 is 0 Å². The molecule has 1 heterocycles. The zero-order valence-electron chi connectivity index (χ0n) is 10.1. The first-order chi connectivity index (χ1) is 9.24. The Morgan fingerprint density at radius 1 is 1.05 bits per heavy atom. The SMILES string of the molecule is C=CCON1C(=O)c2cccc3cccc(c23)C1=O. The van der Waals surface area contributed by atoms with Crippen molar-refractivity contribution in [2.75, 3.05) is 6.61 Å². The van der Waals surface area contributed by atoms with Crippen molar-refractivity contribution >= 4 is 22.6 Å². The summed E-state index contributed by atoms with van der Waals surface area (Å²) in [6.07, 6.45) is 1.49. The largest absolute Gasteiger partial charge is 0.285 e. The highest BCUT2D eigenvalue weighted by molar-refractivity contribution is 6.24. The molecule has 0 saturated heterocycles. The van der Waals surface area contributed by atoms with Gasteiger partial charge in [0.1, 0.15) is 0 Å². The Hall–Kier alpha value is -2.46. The lowest BCUT2D eigenvalue weighted by Crippen LogP contribution is -2.40. The third-order valence-corrected chi connectivity index (χ3v) is 3.06. The molecule has 0 unspecified atom stereocenters. The van der Waals surface area contributed by atoms with Crippen molar-refractivity contribution in [3.63, 3.8) is 0 Å². The van der Waals surface area contributed by atoms with Gasteiger partial charge in [0.2, 0.25) is 0 Å². The van der Waals surface area contributed by atoms with E-state index in [4.69, 9.17) is 4.84 Å². The van der Waals surface area contributed by atoms with Crippen LogP contribution < -0.4 is 0 Å². The van der Waals surface area contributed by atoms with Crippen molar-refractivity contribution in [1.29, 1.82) is 0 Å². The molecule has 2 aromatic rings. The molecule has 0 saturated carbocycles. The molecule has 0 atom stereocenters. The van der Waals surface area contributed by atoms with Gasteiger partial charge in [-0.2, -0.15) is 0 Å². The summed E-state index contributed by atoms with van der Waals surface area (Å²) in [6, 6.07) is 10.7. The molecule has 0 radical (unpaired) electrons. The van der Waals surface area contributed by atoms with E-state index >= 15 is 0 Å². The van der Waals surface area contributed by atoms with Crippen LogP contribution in [-0.4, -0.2) is 23.5 Å². The second kappa shape index (κ2) is 4.33. The minimum atomic E-state index is -0.434. The second-order valence-corrected chi connectivity index (χ2v) is 4.20. The van der Waals surface area contributed by atoms with Crippen LogP contribution >= 0.6 is 0 Å². The van der Waals surface area contributed by atoms with Gasteiger partial charge in [-0.05, 0) is 17.5 Å². The smallest absolute Gasteiger partial charge is 0.266 e. The minimum Gasteiger partial charge on any atom is -0.266 e. The Kier molecular flexibility index (Phi) is 2.65. The topological polar surface area (TPSA) is 46.6 Å². The lowest BCUT2D eigenvalue weighted by atomic mass is 9.95. The highest BCUT2D eigenvalue weighted by Gasteiger charge is 2.33. The molecule has 0 bridgehead atoms. The molecule has 0 N–H and O–H groups in total. The van der Waals surface area contributed by atoms with E-state index in [1.165, 1.54) is 6.08 Å². The van der Waals surface area contributed by atoms with Crippen molar-refractivity contribution in [3.8, 4) is 0 Å². The van der Waals surface area contributed by atoms with Gasteiger partial charge in [0, 0.05) is 5.39 Å². The van der Waals surface area contributed by atoms with E-state index in [-0.39, 0.29) is 6.61 Å². The molecule has 19 heavy (non-hydrogen) atoms. The molecule has 0 spiro atoms. The molecule has 0 fully saturated rings. The molecule has 2 aromatic carbocycles. The number of carbonyl (C=O) groups is 2. The number of hydrogen-bond acceptors (Lipinski definition) is 3. The lowest BCUT2D eigenvalue weighted by molar-refractivity contribution is -0.0842. The quantitative estimate of drug-likeness (QED) is 0.624. The highest BCUT2D eigenvalue weighted by Crippen LogP contribution is 2.29. The predicted octanol–water partition coefficient (Wildman–Crippen LogP) is 2.55. The number of nitrogens with zero attached hydrogens (tertiary/aromatic N) is 1. The highest BCUT2D eigenvalue weighted by atomic mass is 16.7. The Morgan fingerprint density at radius 3 is 2.16 bits per heavy atom. The fourth-order valence-corrected chi connectivity index (χ4v) is 2.25. The molecule has 1 aliphatic heterocycles. The van der Waals surface area contributed by atoms with Gasteiger partial charge in [0.25, 0.3) is 11.8 Å². The third kappa shape index (κ3) is 1.65. The predicted molar refractivity (Wildman–Crippen MR) is 70.6 cm³/mol. The van der Waals surface area contributed by atoms with Crippen molar-refractivity contribution in [3.05, 3.63) is 60.2 Å². The van der Waals surface area contributed by atoms with Crippen LogP contribution in [0.3, 0.4) is 0 Å². The zero-order valence-corrected chi connectivity index (χ0v) is 10.1. The van der Waals surface area contributed by atoms with Crippen LogP contribution in [-0.2, 0) is 4.84 Å². The molecular formula is C15H11NO3. The Bertz CT molecular complexity index is 655. The van der Waals surface area contributed by atoms with Gasteiger partial charge in [-0.1, -0.05) is 30.3 Å². The summed E-state index contributed by atoms with van der Waals surface area (Å²) < 4.78 is 0. The maximum absolute atomic E-state index is 12.3. The van der Waals surface area contributed by atoms with Crippen LogP contribution in [0.2, 0.25) is 0 Å². The van der Waals surface area contributed by atoms with Gasteiger partial charge < -0.3 is 0 Å². The standard InChI is InChI=1S/C15H11NO3/c1-2-9-19-16-14(17)11-7-3-5-10-6-4-8-12(13(10)11)15(16)18/h2-8H,1,9H2. The first-order valence-electron chi connectivity index (χ1n) is 5.88. The van der Waals surface area contributed by atoms with E-state index in [1.807, 2.05) is 12.1 Å². The van der Waals surface area contributed by atoms with Gasteiger partial charge in [-0.15, -0.1) is 11.6 Å². The number of hydroxylamine groups is 2. The Morgan fingerprint density at radius 2 is 1.63 bits per heavy atom. The average molecular weight is 253 g/mol. The van der Waals surface area contributed by atoms with Crippen LogP contribution in [0.15, 0.2) is 49.1 Å². The molecule has 0 aliphatic carbocycles. The van der Waals surface area contributed by atoms with E-state index in [1.54, 1.807) is 24.3 Å². The first kappa shape index (κ1) is 11.6. The van der Waals surface area contributed by atoms with Crippen molar-refractivity contribution in [2.45, 2.75) is 0 Å². The molecule has 2 amide bonds. The summed E-state index contributed by atoms with van der Waals surface area (Å²) in [5.41, 5.74) is 0.966. The third-order valence-electron chi connectivity index (χ3n) is 3.06. The van der Waals surface area contributed by atoms with Crippen LogP contribution in [0.5, 0.6) is 0 Å². The second-order valence-electron chi connectivity index (χ2n) is 4.20. The van der Waals surface area contributed by atoms with Crippen molar-refractivity contribution in [2.24, 2.45) is 0 Å². The van der Waals surface area contributed by atoms with E-state index in [0.29, 0.717) is 16.5 Å². The van der Waals surface area contributed by atoms with E-state index in [9.17, 15) is 9.59 Å². The summed E-state index contributed by atoms with van der Waals surface area (Å²) in [5.74, 6) is -0.868. The maximum atomic E-state index is 12.3. The molecule has 4 heteroatoms. The molecule has 94 valence electrons. The normalized spacial score (nSPS) is 14.0. The van der Waals surface area contributed by atoms with Gasteiger partial charge in [0.15, 0.2) is 0 Å². The minimum absolute atomic E-state index is 0.107. The molecule has 1 aliphatic rings. The maximum Gasteiger partial charge on any atom is 0.285 e. The van der Waals surface area contributed by atoms with Gasteiger partial charge in [-0.3, -0.25) is 14.4 Å². The van der Waals surface area contributed by atoms with E-state index in [0.717, 1.165) is 10.4 Å². The number of amides is 2. The van der Waals surface area contributed by atoms with Crippen LogP contribution in [0.1, 0.15) is 20.7 Å². The number of benzene rings is 2. The van der Waals surface area contributed by atoms with E-state index in [2.05, 4.69) is 6.58 Å². The number of hydrogen-bond donors (Lipinski definition) is 0. The molecule has 0 aromatic heterocycles. The molecular weight excluding hydrogens is 242 g/mol. The first-order valence-corrected chi connectivity index (χ1v) is 5.88. The van der Waals surface area contributed by atoms with Gasteiger partial charge in [-0.25, -0.2) is 0 Å². The van der Waals surface area contributed by atoms with Crippen LogP contribution in [0.25, 0.3) is 10.8 Å².